The van der Waals surface area contributed by atoms with Crippen LogP contribution in [0.5, 0.6) is 0 Å². The zero-order valence-electron chi connectivity index (χ0n) is 21.4. The van der Waals surface area contributed by atoms with Crippen molar-refractivity contribution in [2.45, 2.75) is 31.5 Å². The Bertz CT molecular complexity index is 1340. The molecule has 5 N–H and O–H groups in total. The SMILES string of the molecule is CN(C(=O)NCc1cccc(F)c1Cl)[C@H](COC(=O)Nc1cc(-c2ccccc2)on1)C[C@@H](O)CCP(=O)(O)O. The number of halogens is 2. The minimum absolute atomic E-state index is 0.0835. The second kappa shape index (κ2) is 14.2. The molecule has 0 unspecified atom stereocenters. The molecule has 0 saturated heterocycles. The number of ether oxygens (including phenoxy) is 1. The molecule has 0 aliphatic heterocycles. The van der Waals surface area contributed by atoms with Crippen molar-refractivity contribution >= 4 is 37.1 Å². The zero-order chi connectivity index (χ0) is 29.3. The summed E-state index contributed by atoms with van der Waals surface area (Å²) in [5.74, 6) is -0.146. The molecule has 3 rings (SSSR count). The minimum atomic E-state index is -4.36. The minimum Gasteiger partial charge on any atom is -0.447 e. The van der Waals surface area contributed by atoms with E-state index in [4.69, 9.17) is 30.6 Å². The molecule has 12 nitrogen and oxygen atoms in total. The first kappa shape index (κ1) is 31.1. The van der Waals surface area contributed by atoms with E-state index in [1.807, 2.05) is 18.2 Å². The number of amides is 3. The van der Waals surface area contributed by atoms with Crippen molar-refractivity contribution < 1.29 is 42.7 Å². The number of nitrogens with one attached hydrogen (secondary N) is 2. The summed E-state index contributed by atoms with van der Waals surface area (Å²) in [6.07, 6.45) is -3.11. The summed E-state index contributed by atoms with van der Waals surface area (Å²) in [6.45, 7) is -0.489. The molecule has 1 heterocycles. The summed E-state index contributed by atoms with van der Waals surface area (Å²) in [7, 11) is -2.97. The maximum absolute atomic E-state index is 13.7. The lowest BCUT2D eigenvalue weighted by atomic mass is 10.1. The number of hydrogen-bond donors (Lipinski definition) is 5. The van der Waals surface area contributed by atoms with E-state index >= 15 is 0 Å². The highest BCUT2D eigenvalue weighted by Gasteiger charge is 2.26. The molecule has 0 radical (unpaired) electrons. The Morgan fingerprint density at radius 1 is 1.20 bits per heavy atom. The predicted molar refractivity (Wildman–Crippen MR) is 144 cm³/mol. The second-order valence-electron chi connectivity index (χ2n) is 8.87. The highest BCUT2D eigenvalue weighted by molar-refractivity contribution is 7.51. The Balaban J connectivity index is 1.62. The van der Waals surface area contributed by atoms with E-state index in [2.05, 4.69) is 15.8 Å². The monoisotopic (exact) mass is 598 g/mol. The predicted octanol–water partition coefficient (Wildman–Crippen LogP) is 4.21. The topological polar surface area (TPSA) is 174 Å². The van der Waals surface area contributed by atoms with Crippen molar-refractivity contribution in [3.05, 3.63) is 71.0 Å². The van der Waals surface area contributed by atoms with E-state index in [0.29, 0.717) is 11.3 Å². The first-order valence-electron chi connectivity index (χ1n) is 12.0. The van der Waals surface area contributed by atoms with Gasteiger partial charge in [0.05, 0.1) is 23.3 Å². The summed E-state index contributed by atoms with van der Waals surface area (Å²) in [6, 6.07) is 13.2. The smallest absolute Gasteiger partial charge is 0.412 e. The summed E-state index contributed by atoms with van der Waals surface area (Å²) in [5, 5.41) is 19.0. The summed E-state index contributed by atoms with van der Waals surface area (Å²) >= 11 is 5.93. The molecule has 0 aliphatic rings. The summed E-state index contributed by atoms with van der Waals surface area (Å²) < 4.78 is 35.4. The lowest BCUT2D eigenvalue weighted by Crippen LogP contribution is -2.47. The number of benzene rings is 2. The molecule has 40 heavy (non-hydrogen) atoms. The van der Waals surface area contributed by atoms with Crippen LogP contribution in [0.2, 0.25) is 5.02 Å². The molecule has 2 atom stereocenters. The fourth-order valence-electron chi connectivity index (χ4n) is 3.62. The normalized spacial score (nSPS) is 12.8. The van der Waals surface area contributed by atoms with Gasteiger partial charge in [-0.2, -0.15) is 0 Å². The average Bonchev–Trinajstić information content (AvgIpc) is 3.38. The Morgan fingerprint density at radius 3 is 2.62 bits per heavy atom. The number of rotatable bonds is 12. The van der Waals surface area contributed by atoms with E-state index < -0.39 is 43.8 Å². The molecule has 216 valence electrons. The van der Waals surface area contributed by atoms with Crippen molar-refractivity contribution in [1.29, 1.82) is 0 Å². The number of carbonyl (C=O) groups excluding carboxylic acids is 2. The standard InChI is InChI=1S/C25H29ClFN4O8P/c1-31(24(33)28-14-17-8-5-9-20(27)23(17)26)18(12-19(32)10-11-40(35,36)37)15-38-25(34)29-22-13-21(39-30-22)16-6-3-2-4-7-16/h2-9,13,18-19,32H,10-12,14-15H2,1H3,(H,28,33)(H,29,30,34)(H2,35,36,37)/t18-,19-/m0/s1. The van der Waals surface area contributed by atoms with Gasteiger partial charge in [0.25, 0.3) is 0 Å². The van der Waals surface area contributed by atoms with Gasteiger partial charge in [0.1, 0.15) is 12.4 Å². The molecular formula is C25H29ClFN4O8P. The van der Waals surface area contributed by atoms with E-state index in [1.54, 1.807) is 12.1 Å². The first-order valence-corrected chi connectivity index (χ1v) is 14.2. The van der Waals surface area contributed by atoms with E-state index in [9.17, 15) is 23.7 Å². The number of anilines is 1. The number of nitrogens with zero attached hydrogens (tertiary/aromatic N) is 2. The van der Waals surface area contributed by atoms with Gasteiger partial charge in [0, 0.05) is 25.2 Å². The van der Waals surface area contributed by atoms with Crippen molar-refractivity contribution in [2.24, 2.45) is 0 Å². The first-order chi connectivity index (χ1) is 18.9. The lowest BCUT2D eigenvalue weighted by Gasteiger charge is -2.29. The van der Waals surface area contributed by atoms with Crippen LogP contribution in [0.25, 0.3) is 11.3 Å². The van der Waals surface area contributed by atoms with E-state index in [0.717, 1.165) is 10.5 Å². The molecular weight excluding hydrogens is 570 g/mol. The maximum atomic E-state index is 13.7. The largest absolute Gasteiger partial charge is 0.447 e. The third-order valence-corrected chi connectivity index (χ3v) is 7.10. The third kappa shape index (κ3) is 9.61. The number of aromatic nitrogens is 1. The highest BCUT2D eigenvalue weighted by Crippen LogP contribution is 2.35. The molecule has 3 amide bonds. The third-order valence-electron chi connectivity index (χ3n) is 5.83. The fourth-order valence-corrected chi connectivity index (χ4v) is 4.45. The number of urea groups is 1. The van der Waals surface area contributed by atoms with Crippen molar-refractivity contribution in [2.75, 3.05) is 25.1 Å². The van der Waals surface area contributed by atoms with E-state index in [1.165, 1.54) is 31.3 Å². The van der Waals surface area contributed by atoms with Crippen LogP contribution in [0.1, 0.15) is 18.4 Å². The van der Waals surface area contributed by atoms with Crippen LogP contribution in [0, 0.1) is 5.82 Å². The lowest BCUT2D eigenvalue weighted by molar-refractivity contribution is 0.0770. The van der Waals surface area contributed by atoms with Gasteiger partial charge in [0.15, 0.2) is 11.6 Å². The van der Waals surface area contributed by atoms with Crippen LogP contribution in [-0.2, 0) is 15.8 Å². The van der Waals surface area contributed by atoms with Crippen LogP contribution < -0.4 is 10.6 Å². The maximum Gasteiger partial charge on any atom is 0.412 e. The van der Waals surface area contributed by atoms with E-state index in [-0.39, 0.29) is 36.8 Å². The molecule has 3 aromatic rings. The van der Waals surface area contributed by atoms with Gasteiger partial charge < -0.3 is 34.4 Å². The number of aliphatic hydroxyl groups excluding tert-OH is 1. The van der Waals surface area contributed by atoms with Crippen LogP contribution in [0.3, 0.4) is 0 Å². The molecule has 15 heteroatoms. The molecule has 0 spiro atoms. The van der Waals surface area contributed by atoms with Crippen molar-refractivity contribution in [3.8, 4) is 11.3 Å². The number of carbonyl (C=O) groups is 2. The Morgan fingerprint density at radius 2 is 1.93 bits per heavy atom. The number of likely N-dealkylation sites (N-methyl/N-ethyl adjacent to an activating group) is 1. The summed E-state index contributed by atoms with van der Waals surface area (Å²) in [4.78, 5) is 44.6. The van der Waals surface area contributed by atoms with Gasteiger partial charge in [-0.05, 0) is 24.5 Å². The zero-order valence-corrected chi connectivity index (χ0v) is 23.0. The molecule has 1 aromatic heterocycles. The Labute approximate surface area is 234 Å². The molecule has 0 fully saturated rings. The molecule has 0 saturated carbocycles. The van der Waals surface area contributed by atoms with Crippen LogP contribution in [0.15, 0.2) is 59.1 Å². The van der Waals surface area contributed by atoms with Gasteiger partial charge in [-0.1, -0.05) is 59.2 Å². The van der Waals surface area contributed by atoms with Gasteiger partial charge in [-0.15, -0.1) is 0 Å². The highest BCUT2D eigenvalue weighted by atomic mass is 35.5. The van der Waals surface area contributed by atoms with Gasteiger partial charge in [-0.3, -0.25) is 9.88 Å². The van der Waals surface area contributed by atoms with Gasteiger partial charge in [-0.25, -0.2) is 14.0 Å². The molecule has 0 aliphatic carbocycles. The molecule has 0 bridgehead atoms. The second-order valence-corrected chi connectivity index (χ2v) is 11.0. The van der Waals surface area contributed by atoms with Gasteiger partial charge in [0.2, 0.25) is 0 Å². The number of hydrogen-bond acceptors (Lipinski definition) is 7. The Hall–Kier alpha value is -3.48. The van der Waals surface area contributed by atoms with Crippen LogP contribution in [0.4, 0.5) is 19.8 Å². The Kier molecular flexibility index (Phi) is 11.1. The average molecular weight is 599 g/mol. The van der Waals surface area contributed by atoms with Crippen LogP contribution in [-0.4, -0.2) is 69.0 Å². The molecule has 2 aromatic carbocycles. The van der Waals surface area contributed by atoms with Crippen molar-refractivity contribution in [1.82, 2.24) is 15.4 Å². The summed E-state index contributed by atoms with van der Waals surface area (Å²) in [5.41, 5.74) is 1.08. The number of aliphatic hydroxyl groups is 1. The van der Waals surface area contributed by atoms with Gasteiger partial charge >= 0.3 is 19.7 Å². The van der Waals surface area contributed by atoms with Crippen LogP contribution >= 0.6 is 19.2 Å². The fraction of sp³-hybridized carbons (Fsp3) is 0.320. The van der Waals surface area contributed by atoms with Crippen molar-refractivity contribution in [3.63, 3.8) is 0 Å². The quantitative estimate of drug-likeness (QED) is 0.191.